The predicted octanol–water partition coefficient (Wildman–Crippen LogP) is 4.97. The number of thioether (sulfide) groups is 1. The van der Waals surface area contributed by atoms with Gasteiger partial charge in [-0.1, -0.05) is 47.0 Å². The molecule has 0 fully saturated rings. The molecule has 112 valence electrons. The molecule has 21 heavy (non-hydrogen) atoms. The number of benzene rings is 2. The lowest BCUT2D eigenvalue weighted by Crippen LogP contribution is -2.19. The van der Waals surface area contributed by atoms with Crippen LogP contribution in [0.3, 0.4) is 0 Å². The van der Waals surface area contributed by atoms with Gasteiger partial charge in [0, 0.05) is 16.7 Å². The molecule has 1 atom stereocenters. The Morgan fingerprint density at radius 1 is 0.905 bits per heavy atom. The molecule has 1 N–H and O–H groups in total. The number of hydrogen-bond donors (Lipinski definition) is 1. The largest absolute Gasteiger partial charge is 0.312 e. The summed E-state index contributed by atoms with van der Waals surface area (Å²) in [5.41, 5.74) is 6.74. The fourth-order valence-corrected chi connectivity index (χ4v) is 3.86. The molecular weight excluding hydrogens is 274 g/mol. The SMILES string of the molecule is CNC(CSc1cc(C)ccc1C)c1cc(C)cc(C)c1. The summed E-state index contributed by atoms with van der Waals surface area (Å²) in [4.78, 5) is 1.39. The molecule has 0 saturated carbocycles. The zero-order chi connectivity index (χ0) is 15.4. The average molecular weight is 299 g/mol. The molecule has 0 spiro atoms. The average Bonchev–Trinajstić information content (AvgIpc) is 2.42. The Bertz CT molecular complexity index is 599. The van der Waals surface area contributed by atoms with E-state index in [1.807, 2.05) is 18.8 Å². The molecule has 2 rings (SSSR count). The molecule has 0 bridgehead atoms. The molecule has 0 aromatic heterocycles. The summed E-state index contributed by atoms with van der Waals surface area (Å²) < 4.78 is 0. The highest BCUT2D eigenvalue weighted by Crippen LogP contribution is 2.28. The molecule has 0 aliphatic carbocycles. The first-order valence-electron chi connectivity index (χ1n) is 7.45. The summed E-state index contributed by atoms with van der Waals surface area (Å²) in [6.07, 6.45) is 0. The second kappa shape index (κ2) is 7.15. The van der Waals surface area contributed by atoms with Gasteiger partial charge in [0.15, 0.2) is 0 Å². The normalized spacial score (nSPS) is 12.4. The molecule has 1 unspecified atom stereocenters. The monoisotopic (exact) mass is 299 g/mol. The second-order valence-corrected chi connectivity index (χ2v) is 6.90. The maximum Gasteiger partial charge on any atom is 0.0413 e. The van der Waals surface area contributed by atoms with Crippen molar-refractivity contribution < 1.29 is 0 Å². The smallest absolute Gasteiger partial charge is 0.0413 e. The molecule has 0 aliphatic heterocycles. The van der Waals surface area contributed by atoms with E-state index < -0.39 is 0 Å². The van der Waals surface area contributed by atoms with Crippen LogP contribution < -0.4 is 5.32 Å². The van der Waals surface area contributed by atoms with Gasteiger partial charge < -0.3 is 5.32 Å². The van der Waals surface area contributed by atoms with Gasteiger partial charge >= 0.3 is 0 Å². The van der Waals surface area contributed by atoms with Crippen molar-refractivity contribution in [2.45, 2.75) is 38.6 Å². The number of rotatable bonds is 5. The maximum atomic E-state index is 3.46. The van der Waals surface area contributed by atoms with Gasteiger partial charge in [0.1, 0.15) is 0 Å². The number of nitrogens with one attached hydrogen (secondary N) is 1. The number of aryl methyl sites for hydroxylation is 4. The van der Waals surface area contributed by atoms with E-state index in [1.54, 1.807) is 0 Å². The summed E-state index contributed by atoms with van der Waals surface area (Å²) in [6, 6.07) is 13.9. The van der Waals surface area contributed by atoms with Gasteiger partial charge in [-0.15, -0.1) is 11.8 Å². The molecule has 1 nitrogen and oxygen atoms in total. The van der Waals surface area contributed by atoms with Gasteiger partial charge in [0.2, 0.25) is 0 Å². The van der Waals surface area contributed by atoms with Gasteiger partial charge in [-0.3, -0.25) is 0 Å². The van der Waals surface area contributed by atoms with Gasteiger partial charge in [-0.25, -0.2) is 0 Å². The minimum Gasteiger partial charge on any atom is -0.312 e. The molecule has 0 amide bonds. The molecule has 0 aliphatic rings. The third-order valence-corrected chi connectivity index (χ3v) is 4.99. The fraction of sp³-hybridized carbons (Fsp3) is 0.368. The Kier molecular flexibility index (Phi) is 5.49. The van der Waals surface area contributed by atoms with E-state index in [0.29, 0.717) is 6.04 Å². The summed E-state index contributed by atoms with van der Waals surface area (Å²) in [5, 5.41) is 3.46. The zero-order valence-electron chi connectivity index (χ0n) is 13.7. The summed E-state index contributed by atoms with van der Waals surface area (Å²) in [7, 11) is 2.05. The van der Waals surface area contributed by atoms with E-state index in [9.17, 15) is 0 Å². The molecule has 0 radical (unpaired) electrons. The Morgan fingerprint density at radius 3 is 2.19 bits per heavy atom. The van der Waals surface area contributed by atoms with Crippen molar-refractivity contribution in [2.75, 3.05) is 12.8 Å². The van der Waals surface area contributed by atoms with Crippen molar-refractivity contribution in [1.82, 2.24) is 5.32 Å². The van der Waals surface area contributed by atoms with Crippen molar-refractivity contribution in [1.29, 1.82) is 0 Å². The van der Waals surface area contributed by atoms with Crippen molar-refractivity contribution in [3.8, 4) is 0 Å². The van der Waals surface area contributed by atoms with E-state index in [4.69, 9.17) is 0 Å². The van der Waals surface area contributed by atoms with E-state index in [2.05, 4.69) is 69.4 Å². The van der Waals surface area contributed by atoms with Gasteiger partial charge in [-0.2, -0.15) is 0 Å². The van der Waals surface area contributed by atoms with E-state index in [1.165, 1.54) is 32.7 Å². The van der Waals surface area contributed by atoms with E-state index in [0.717, 1.165) is 5.75 Å². The molecular formula is C19H25NS. The highest BCUT2D eigenvalue weighted by Gasteiger charge is 2.11. The van der Waals surface area contributed by atoms with Crippen LogP contribution in [0.2, 0.25) is 0 Å². The van der Waals surface area contributed by atoms with Crippen LogP contribution in [0.1, 0.15) is 33.9 Å². The number of hydrogen-bond acceptors (Lipinski definition) is 2. The third kappa shape index (κ3) is 4.36. The van der Waals surface area contributed by atoms with Crippen LogP contribution >= 0.6 is 11.8 Å². The zero-order valence-corrected chi connectivity index (χ0v) is 14.5. The Labute approximate surface area is 133 Å². The van der Waals surface area contributed by atoms with Crippen LogP contribution in [0.5, 0.6) is 0 Å². The van der Waals surface area contributed by atoms with E-state index >= 15 is 0 Å². The van der Waals surface area contributed by atoms with Crippen molar-refractivity contribution in [2.24, 2.45) is 0 Å². The van der Waals surface area contributed by atoms with Gasteiger partial charge in [0.05, 0.1) is 0 Å². The van der Waals surface area contributed by atoms with Crippen LogP contribution in [-0.4, -0.2) is 12.8 Å². The first-order chi connectivity index (χ1) is 9.99. The maximum absolute atomic E-state index is 3.46. The molecule has 0 saturated heterocycles. The minimum absolute atomic E-state index is 0.383. The Hall–Kier alpha value is -1.25. The van der Waals surface area contributed by atoms with Gasteiger partial charge in [-0.05, 0) is 51.9 Å². The van der Waals surface area contributed by atoms with E-state index in [-0.39, 0.29) is 0 Å². The fourth-order valence-electron chi connectivity index (χ4n) is 2.59. The molecule has 0 heterocycles. The standard InChI is InChI=1S/C19H25NS/c1-13-6-7-16(4)19(11-13)21-12-18(20-5)17-9-14(2)8-15(3)10-17/h6-11,18,20H,12H2,1-5H3. The molecule has 2 aromatic carbocycles. The lowest BCUT2D eigenvalue weighted by atomic mass is 10.0. The first-order valence-corrected chi connectivity index (χ1v) is 8.43. The second-order valence-electron chi connectivity index (χ2n) is 5.84. The molecule has 2 aromatic rings. The quantitative estimate of drug-likeness (QED) is 0.782. The lowest BCUT2D eigenvalue weighted by Gasteiger charge is -2.18. The van der Waals surface area contributed by atoms with Crippen molar-refractivity contribution >= 4 is 11.8 Å². The summed E-state index contributed by atoms with van der Waals surface area (Å²) in [6.45, 7) is 8.68. The van der Waals surface area contributed by atoms with Crippen LogP contribution in [0, 0.1) is 27.7 Å². The van der Waals surface area contributed by atoms with Crippen LogP contribution in [0.15, 0.2) is 41.3 Å². The van der Waals surface area contributed by atoms with Crippen molar-refractivity contribution in [3.63, 3.8) is 0 Å². The lowest BCUT2D eigenvalue weighted by molar-refractivity contribution is 0.660. The van der Waals surface area contributed by atoms with Crippen LogP contribution in [0.25, 0.3) is 0 Å². The van der Waals surface area contributed by atoms with Crippen molar-refractivity contribution in [3.05, 3.63) is 64.2 Å². The Balaban J connectivity index is 2.14. The highest BCUT2D eigenvalue weighted by atomic mass is 32.2. The van der Waals surface area contributed by atoms with Gasteiger partial charge in [0.25, 0.3) is 0 Å². The first kappa shape index (κ1) is 16.1. The van der Waals surface area contributed by atoms with Crippen LogP contribution in [0.4, 0.5) is 0 Å². The summed E-state index contributed by atoms with van der Waals surface area (Å²) in [5.74, 6) is 1.05. The van der Waals surface area contributed by atoms with Crippen LogP contribution in [-0.2, 0) is 0 Å². The highest BCUT2D eigenvalue weighted by molar-refractivity contribution is 7.99. The Morgan fingerprint density at radius 2 is 1.57 bits per heavy atom. The minimum atomic E-state index is 0.383. The topological polar surface area (TPSA) is 12.0 Å². The molecule has 2 heteroatoms. The predicted molar refractivity (Wildman–Crippen MR) is 94.4 cm³/mol. The summed E-state index contributed by atoms with van der Waals surface area (Å²) >= 11 is 1.94. The third-order valence-electron chi connectivity index (χ3n) is 3.74.